The van der Waals surface area contributed by atoms with Gasteiger partial charge in [-0.1, -0.05) is 12.1 Å². The summed E-state index contributed by atoms with van der Waals surface area (Å²) in [6.45, 7) is 5.48. The van der Waals surface area contributed by atoms with E-state index in [1.807, 2.05) is 32.9 Å². The molecule has 0 heterocycles. The zero-order chi connectivity index (χ0) is 15.0. The van der Waals surface area contributed by atoms with Gasteiger partial charge in [0.05, 0.1) is 7.11 Å². The van der Waals surface area contributed by atoms with Gasteiger partial charge in [-0.25, -0.2) is 0 Å². The monoisotopic (exact) mass is 276 g/mol. The number of hydrogen-bond acceptors (Lipinski definition) is 4. The molecule has 108 valence electrons. The van der Waals surface area contributed by atoms with Crippen molar-refractivity contribution in [1.82, 2.24) is 0 Å². The minimum absolute atomic E-state index is 0.0895. The van der Waals surface area contributed by atoms with Crippen LogP contribution in [0.25, 0.3) is 0 Å². The summed E-state index contributed by atoms with van der Waals surface area (Å²) in [7, 11) is 1.59. The lowest BCUT2D eigenvalue weighted by molar-refractivity contribution is -0.169. The van der Waals surface area contributed by atoms with Gasteiger partial charge in [-0.3, -0.25) is 9.59 Å². The molecule has 0 spiro atoms. The molecule has 2 rings (SSSR count). The Hall–Kier alpha value is -1.84. The lowest BCUT2D eigenvalue weighted by Gasteiger charge is -2.40. The maximum atomic E-state index is 12.5. The smallest absolute Gasteiger partial charge is 0.317 e. The second kappa shape index (κ2) is 4.93. The van der Waals surface area contributed by atoms with Crippen molar-refractivity contribution in [2.75, 3.05) is 7.11 Å². The van der Waals surface area contributed by atoms with Crippen molar-refractivity contribution in [3.8, 4) is 5.75 Å². The summed E-state index contributed by atoms with van der Waals surface area (Å²) in [5.41, 5.74) is -0.571. The number of methoxy groups -OCH3 is 1. The van der Waals surface area contributed by atoms with Crippen LogP contribution < -0.4 is 4.74 Å². The highest BCUT2D eigenvalue weighted by atomic mass is 16.6. The number of esters is 1. The Balaban J connectivity index is 2.29. The highest BCUT2D eigenvalue weighted by Crippen LogP contribution is 2.43. The molecule has 1 aliphatic rings. The van der Waals surface area contributed by atoms with Crippen molar-refractivity contribution in [3.05, 3.63) is 29.8 Å². The minimum atomic E-state index is -0.823. The average Bonchev–Trinajstić information content (AvgIpc) is 2.32. The SMILES string of the molecule is COc1ccc(C2(C(=O)OC(C)(C)C)CC(=O)C2)cc1. The Kier molecular flexibility index (Phi) is 3.59. The number of hydrogen-bond donors (Lipinski definition) is 0. The van der Waals surface area contributed by atoms with Crippen molar-refractivity contribution in [2.45, 2.75) is 44.6 Å². The summed E-state index contributed by atoms with van der Waals surface area (Å²) in [6, 6.07) is 7.25. The third-order valence-electron chi connectivity index (χ3n) is 3.43. The molecular weight excluding hydrogens is 256 g/mol. The Bertz CT molecular complexity index is 514. The Morgan fingerprint density at radius 3 is 2.10 bits per heavy atom. The second-order valence-electron chi connectivity index (χ2n) is 6.20. The fraction of sp³-hybridized carbons (Fsp3) is 0.500. The molecule has 0 aliphatic heterocycles. The first-order valence-electron chi connectivity index (χ1n) is 6.66. The highest BCUT2D eigenvalue weighted by Gasteiger charge is 2.53. The number of Topliss-reactive ketones (excluding diaryl/α,β-unsaturated/α-hetero) is 1. The summed E-state index contributed by atoms with van der Waals surface area (Å²) in [5.74, 6) is 0.486. The molecule has 0 unspecified atom stereocenters. The quantitative estimate of drug-likeness (QED) is 0.796. The van der Waals surface area contributed by atoms with Crippen LogP contribution in [0.4, 0.5) is 0 Å². The van der Waals surface area contributed by atoms with E-state index in [1.54, 1.807) is 19.2 Å². The maximum absolute atomic E-state index is 12.5. The number of rotatable bonds is 3. The summed E-state index contributed by atoms with van der Waals surface area (Å²) in [5, 5.41) is 0. The first-order valence-corrected chi connectivity index (χ1v) is 6.66. The Labute approximate surface area is 119 Å². The number of benzene rings is 1. The molecule has 20 heavy (non-hydrogen) atoms. The molecule has 1 saturated carbocycles. The molecule has 1 aromatic rings. The van der Waals surface area contributed by atoms with Crippen LogP contribution in [0.15, 0.2) is 24.3 Å². The highest BCUT2D eigenvalue weighted by molar-refractivity contribution is 6.02. The third-order valence-corrected chi connectivity index (χ3v) is 3.43. The van der Waals surface area contributed by atoms with Crippen LogP contribution >= 0.6 is 0 Å². The number of ketones is 1. The fourth-order valence-electron chi connectivity index (χ4n) is 2.37. The van der Waals surface area contributed by atoms with Crippen LogP contribution in [0, 0.1) is 0 Å². The van der Waals surface area contributed by atoms with Gasteiger partial charge in [0.2, 0.25) is 0 Å². The fourth-order valence-corrected chi connectivity index (χ4v) is 2.37. The van der Waals surface area contributed by atoms with Gasteiger partial charge in [-0.05, 0) is 38.5 Å². The first-order chi connectivity index (χ1) is 9.27. The molecule has 1 aliphatic carbocycles. The molecule has 0 amide bonds. The molecule has 0 N–H and O–H groups in total. The van der Waals surface area contributed by atoms with E-state index >= 15 is 0 Å². The van der Waals surface area contributed by atoms with Crippen LogP contribution in [0.1, 0.15) is 39.2 Å². The van der Waals surface area contributed by atoms with Gasteiger partial charge in [0, 0.05) is 12.8 Å². The average molecular weight is 276 g/mol. The summed E-state index contributed by atoms with van der Waals surface area (Å²) in [4.78, 5) is 23.9. The van der Waals surface area contributed by atoms with Gasteiger partial charge in [-0.2, -0.15) is 0 Å². The molecule has 0 aromatic heterocycles. The van der Waals surface area contributed by atoms with Crippen LogP contribution in [0.5, 0.6) is 5.75 Å². The lowest BCUT2D eigenvalue weighted by atomic mass is 9.63. The molecule has 0 saturated heterocycles. The van der Waals surface area contributed by atoms with E-state index < -0.39 is 11.0 Å². The van der Waals surface area contributed by atoms with E-state index in [9.17, 15) is 9.59 Å². The molecule has 1 fully saturated rings. The van der Waals surface area contributed by atoms with Crippen LogP contribution in [0.3, 0.4) is 0 Å². The normalized spacial score (nSPS) is 17.3. The second-order valence-corrected chi connectivity index (χ2v) is 6.20. The maximum Gasteiger partial charge on any atom is 0.317 e. The van der Waals surface area contributed by atoms with Crippen LogP contribution in [-0.4, -0.2) is 24.5 Å². The van der Waals surface area contributed by atoms with Gasteiger partial charge in [-0.15, -0.1) is 0 Å². The van der Waals surface area contributed by atoms with E-state index in [0.29, 0.717) is 0 Å². The topological polar surface area (TPSA) is 52.6 Å². The van der Waals surface area contributed by atoms with Crippen molar-refractivity contribution >= 4 is 11.8 Å². The zero-order valence-corrected chi connectivity index (χ0v) is 12.4. The number of carbonyl (C=O) groups excluding carboxylic acids is 2. The Morgan fingerprint density at radius 2 is 1.70 bits per heavy atom. The summed E-state index contributed by atoms with van der Waals surface area (Å²) < 4.78 is 10.6. The minimum Gasteiger partial charge on any atom is -0.497 e. The van der Waals surface area contributed by atoms with Gasteiger partial charge in [0.25, 0.3) is 0 Å². The zero-order valence-electron chi connectivity index (χ0n) is 12.4. The molecule has 0 radical (unpaired) electrons. The predicted molar refractivity (Wildman–Crippen MR) is 74.8 cm³/mol. The van der Waals surface area contributed by atoms with Gasteiger partial charge < -0.3 is 9.47 Å². The Morgan fingerprint density at radius 1 is 1.15 bits per heavy atom. The van der Waals surface area contributed by atoms with Gasteiger partial charge in [0.1, 0.15) is 22.5 Å². The van der Waals surface area contributed by atoms with Crippen molar-refractivity contribution in [3.63, 3.8) is 0 Å². The van der Waals surface area contributed by atoms with Crippen molar-refractivity contribution < 1.29 is 19.1 Å². The van der Waals surface area contributed by atoms with Crippen molar-refractivity contribution in [2.24, 2.45) is 0 Å². The molecule has 1 aromatic carbocycles. The standard InChI is InChI=1S/C16H20O4/c1-15(2,3)20-14(18)16(9-12(17)10-16)11-5-7-13(19-4)8-6-11/h5-8H,9-10H2,1-4H3. The molecule has 0 bridgehead atoms. The van der Waals surface area contributed by atoms with E-state index in [4.69, 9.17) is 9.47 Å². The van der Waals surface area contributed by atoms with Gasteiger partial charge in [0.15, 0.2) is 0 Å². The van der Waals surface area contributed by atoms with Crippen LogP contribution in [0.2, 0.25) is 0 Å². The van der Waals surface area contributed by atoms with Crippen molar-refractivity contribution in [1.29, 1.82) is 0 Å². The van der Waals surface area contributed by atoms with Gasteiger partial charge >= 0.3 is 5.97 Å². The number of ether oxygens (including phenoxy) is 2. The molecular formula is C16H20O4. The third kappa shape index (κ3) is 2.69. The molecule has 4 heteroatoms. The predicted octanol–water partition coefficient (Wildman–Crippen LogP) is 2.64. The van der Waals surface area contributed by atoms with E-state index in [-0.39, 0.29) is 24.6 Å². The first kappa shape index (κ1) is 14.6. The number of carbonyl (C=O) groups is 2. The molecule has 0 atom stereocenters. The van der Waals surface area contributed by atoms with E-state index in [1.165, 1.54) is 0 Å². The summed E-state index contributed by atoms with van der Waals surface area (Å²) >= 11 is 0. The largest absolute Gasteiger partial charge is 0.497 e. The van der Waals surface area contributed by atoms with E-state index in [2.05, 4.69) is 0 Å². The molecule has 4 nitrogen and oxygen atoms in total. The lowest BCUT2D eigenvalue weighted by Crippen LogP contribution is -2.51. The summed E-state index contributed by atoms with van der Waals surface area (Å²) in [6.07, 6.45) is 0.433. The van der Waals surface area contributed by atoms with Crippen LogP contribution in [-0.2, 0) is 19.7 Å². The van der Waals surface area contributed by atoms with E-state index in [0.717, 1.165) is 11.3 Å².